The molecule has 0 aliphatic rings. The van der Waals surface area contributed by atoms with Gasteiger partial charge in [-0.1, -0.05) is 6.58 Å². The van der Waals surface area contributed by atoms with Crippen molar-refractivity contribution in [3.05, 3.63) is 23.2 Å². The Hall–Kier alpha value is -1.84. The van der Waals surface area contributed by atoms with E-state index in [2.05, 4.69) is 17.0 Å². The third-order valence-corrected chi connectivity index (χ3v) is 3.96. The first kappa shape index (κ1) is 17.2. The summed E-state index contributed by atoms with van der Waals surface area (Å²) in [4.78, 5) is 11.6. The molecular weight excluding hydrogens is 311 g/mol. The Morgan fingerprint density at radius 3 is 2.48 bits per heavy atom. The van der Waals surface area contributed by atoms with Gasteiger partial charge in [0.15, 0.2) is 15.5 Å². The van der Waals surface area contributed by atoms with E-state index in [1.807, 2.05) is 0 Å². The molecule has 0 unspecified atom stereocenters. The van der Waals surface area contributed by atoms with Gasteiger partial charge in [-0.15, -0.1) is 0 Å². The Balaban J connectivity index is 2.87. The Morgan fingerprint density at radius 1 is 1.48 bits per heavy atom. The van der Waals surface area contributed by atoms with E-state index in [1.54, 1.807) is 0 Å². The van der Waals surface area contributed by atoms with E-state index in [9.17, 15) is 26.4 Å². The van der Waals surface area contributed by atoms with Gasteiger partial charge in [0.2, 0.25) is 5.91 Å². The van der Waals surface area contributed by atoms with Crippen LogP contribution in [0.15, 0.2) is 12.0 Å². The highest BCUT2D eigenvalue weighted by Crippen LogP contribution is 2.33. The second-order valence-electron chi connectivity index (χ2n) is 4.28. The lowest BCUT2D eigenvalue weighted by atomic mass is 10.2. The minimum Gasteiger partial charge on any atom is -0.311 e. The van der Waals surface area contributed by atoms with Crippen molar-refractivity contribution < 1.29 is 26.4 Å². The van der Waals surface area contributed by atoms with Crippen molar-refractivity contribution in [1.82, 2.24) is 9.78 Å². The van der Waals surface area contributed by atoms with Crippen LogP contribution in [0.4, 0.5) is 19.0 Å². The summed E-state index contributed by atoms with van der Waals surface area (Å²) in [6.45, 7) is 4.27. The average Bonchev–Trinajstić information content (AvgIpc) is 2.64. The number of hydrogen-bond acceptors (Lipinski definition) is 4. The van der Waals surface area contributed by atoms with Crippen molar-refractivity contribution in [3.8, 4) is 0 Å². The minimum absolute atomic E-state index is 0.122. The molecule has 0 atom stereocenters. The number of anilines is 1. The maximum absolute atomic E-state index is 12.7. The molecule has 1 N–H and O–H groups in total. The van der Waals surface area contributed by atoms with E-state index >= 15 is 0 Å². The summed E-state index contributed by atoms with van der Waals surface area (Å²) in [5.74, 6) is -1.31. The van der Waals surface area contributed by atoms with Gasteiger partial charge in [-0.05, 0) is 6.92 Å². The van der Waals surface area contributed by atoms with E-state index in [0.717, 1.165) is 10.1 Å². The molecule has 0 saturated heterocycles. The molecule has 1 heterocycles. The van der Waals surface area contributed by atoms with E-state index in [0.29, 0.717) is 0 Å². The first-order valence-electron chi connectivity index (χ1n) is 5.74. The summed E-state index contributed by atoms with van der Waals surface area (Å²) in [5.41, 5.74) is -1.33. The normalized spacial score (nSPS) is 12.2. The van der Waals surface area contributed by atoms with E-state index < -0.39 is 33.4 Å². The number of nitrogens with zero attached hydrogens (tertiary/aromatic N) is 2. The number of sulfone groups is 1. The molecule has 0 radical (unpaired) electrons. The molecule has 118 valence electrons. The highest BCUT2D eigenvalue weighted by molar-refractivity contribution is 7.94. The molecule has 1 amide bonds. The van der Waals surface area contributed by atoms with Gasteiger partial charge >= 0.3 is 6.18 Å². The Kier molecular flexibility index (Phi) is 4.82. The van der Waals surface area contributed by atoms with Gasteiger partial charge in [-0.2, -0.15) is 18.3 Å². The lowest BCUT2D eigenvalue weighted by Gasteiger charge is -2.06. The molecular formula is C11H14F3N3O3S. The summed E-state index contributed by atoms with van der Waals surface area (Å²) < 4.78 is 61.2. The van der Waals surface area contributed by atoms with Crippen LogP contribution in [0.3, 0.4) is 0 Å². The number of hydrogen-bond donors (Lipinski definition) is 1. The van der Waals surface area contributed by atoms with Gasteiger partial charge < -0.3 is 5.32 Å². The van der Waals surface area contributed by atoms with Crippen LogP contribution in [0.1, 0.15) is 17.7 Å². The van der Waals surface area contributed by atoms with Crippen molar-refractivity contribution in [2.75, 3.05) is 11.1 Å². The zero-order valence-corrected chi connectivity index (χ0v) is 12.2. The molecule has 10 heteroatoms. The molecule has 21 heavy (non-hydrogen) atoms. The number of nitrogens with one attached hydrogen (secondary N) is 1. The van der Waals surface area contributed by atoms with Crippen molar-refractivity contribution in [2.24, 2.45) is 7.05 Å². The molecule has 0 fully saturated rings. The lowest BCUT2D eigenvalue weighted by molar-refractivity contribution is -0.141. The maximum atomic E-state index is 12.7. The van der Waals surface area contributed by atoms with Crippen LogP contribution in [0, 0.1) is 6.92 Å². The first-order valence-corrected chi connectivity index (χ1v) is 7.45. The monoisotopic (exact) mass is 325 g/mol. The summed E-state index contributed by atoms with van der Waals surface area (Å²) in [6.07, 6.45) is -5.02. The maximum Gasteiger partial charge on any atom is 0.435 e. The zero-order valence-electron chi connectivity index (χ0n) is 11.4. The SMILES string of the molecule is C=CS(=O)(=O)CCC(=O)Nc1c(C)c(C(F)(F)F)nn1C. The van der Waals surface area contributed by atoms with Crippen LogP contribution >= 0.6 is 0 Å². The average molecular weight is 325 g/mol. The third kappa shape index (κ3) is 4.31. The number of alkyl halides is 3. The fraction of sp³-hybridized carbons (Fsp3) is 0.455. The molecule has 0 aliphatic heterocycles. The molecule has 0 aliphatic carbocycles. The van der Waals surface area contributed by atoms with E-state index in [1.165, 1.54) is 14.0 Å². The zero-order chi connectivity index (χ0) is 16.4. The van der Waals surface area contributed by atoms with E-state index in [4.69, 9.17) is 0 Å². The molecule has 0 bridgehead atoms. The Bertz CT molecular complexity index is 662. The quantitative estimate of drug-likeness (QED) is 0.892. The predicted octanol–water partition coefficient (Wildman–Crippen LogP) is 1.63. The number of carbonyl (C=O) groups excluding carboxylic acids is 1. The molecule has 0 spiro atoms. The fourth-order valence-corrected chi connectivity index (χ4v) is 2.22. The number of aryl methyl sites for hydroxylation is 1. The van der Waals surface area contributed by atoms with E-state index in [-0.39, 0.29) is 17.8 Å². The summed E-state index contributed by atoms with van der Waals surface area (Å²) >= 11 is 0. The smallest absolute Gasteiger partial charge is 0.311 e. The largest absolute Gasteiger partial charge is 0.435 e. The number of aromatic nitrogens is 2. The van der Waals surface area contributed by atoms with Crippen LogP contribution in [-0.4, -0.2) is 29.9 Å². The highest BCUT2D eigenvalue weighted by Gasteiger charge is 2.37. The molecule has 0 saturated carbocycles. The second-order valence-corrected chi connectivity index (χ2v) is 6.34. The number of amides is 1. The summed E-state index contributed by atoms with van der Waals surface area (Å²) in [6, 6.07) is 0. The molecule has 1 aromatic heterocycles. The van der Waals surface area contributed by atoms with Crippen LogP contribution in [-0.2, 0) is 27.9 Å². The number of halogens is 3. The van der Waals surface area contributed by atoms with Crippen LogP contribution in [0.25, 0.3) is 0 Å². The van der Waals surface area contributed by atoms with Crippen LogP contribution in [0.5, 0.6) is 0 Å². The number of rotatable bonds is 5. The second kappa shape index (κ2) is 5.88. The molecule has 1 rings (SSSR count). The highest BCUT2D eigenvalue weighted by atomic mass is 32.2. The summed E-state index contributed by atoms with van der Waals surface area (Å²) in [7, 11) is -2.30. The van der Waals surface area contributed by atoms with Gasteiger partial charge in [0, 0.05) is 24.4 Å². The van der Waals surface area contributed by atoms with Crippen LogP contribution in [0.2, 0.25) is 0 Å². The van der Waals surface area contributed by atoms with Gasteiger partial charge in [0.25, 0.3) is 0 Å². The van der Waals surface area contributed by atoms with Crippen molar-refractivity contribution >= 4 is 21.6 Å². The van der Waals surface area contributed by atoms with Crippen LogP contribution < -0.4 is 5.32 Å². The number of carbonyl (C=O) groups is 1. The standard InChI is InChI=1S/C11H14F3N3O3S/c1-4-21(19,20)6-5-8(18)15-10-7(2)9(11(12,13)14)16-17(10)3/h4H,1,5-6H2,2-3H3,(H,15,18). The molecule has 1 aromatic rings. The van der Waals surface area contributed by atoms with Crippen molar-refractivity contribution in [1.29, 1.82) is 0 Å². The Labute approximate surface area is 119 Å². The van der Waals surface area contributed by atoms with Gasteiger partial charge in [-0.25, -0.2) is 8.42 Å². The fourth-order valence-electron chi connectivity index (χ4n) is 1.59. The molecule has 0 aromatic carbocycles. The Morgan fingerprint density at radius 2 is 2.05 bits per heavy atom. The summed E-state index contributed by atoms with van der Waals surface area (Å²) in [5, 5.41) is 6.25. The molecule has 6 nitrogen and oxygen atoms in total. The van der Waals surface area contributed by atoms with Crippen molar-refractivity contribution in [3.63, 3.8) is 0 Å². The third-order valence-electron chi connectivity index (χ3n) is 2.68. The topological polar surface area (TPSA) is 81.1 Å². The minimum atomic E-state index is -4.63. The van der Waals surface area contributed by atoms with Gasteiger partial charge in [0.1, 0.15) is 5.82 Å². The van der Waals surface area contributed by atoms with Gasteiger partial charge in [-0.3, -0.25) is 9.48 Å². The first-order chi connectivity index (χ1) is 9.48. The predicted molar refractivity (Wildman–Crippen MR) is 70.2 cm³/mol. The lowest BCUT2D eigenvalue weighted by Crippen LogP contribution is -2.18. The van der Waals surface area contributed by atoms with Crippen molar-refractivity contribution in [2.45, 2.75) is 19.5 Å². The van der Waals surface area contributed by atoms with Gasteiger partial charge in [0.05, 0.1) is 5.75 Å².